The van der Waals surface area contributed by atoms with Gasteiger partial charge in [0.1, 0.15) is 5.76 Å². The van der Waals surface area contributed by atoms with E-state index in [9.17, 15) is 0 Å². The van der Waals surface area contributed by atoms with Gasteiger partial charge in [0.15, 0.2) is 5.96 Å². The number of likely N-dealkylation sites (N-methyl/N-ethyl adjacent to an activating group) is 1. The van der Waals surface area contributed by atoms with E-state index < -0.39 is 0 Å². The highest BCUT2D eigenvalue weighted by Gasteiger charge is 2.22. The fourth-order valence-corrected chi connectivity index (χ4v) is 3.88. The third-order valence-corrected chi connectivity index (χ3v) is 5.49. The first-order valence-electron chi connectivity index (χ1n) is 9.16. The number of nitrogens with one attached hydrogen (secondary N) is 2. The van der Waals surface area contributed by atoms with Crippen molar-refractivity contribution in [3.05, 3.63) is 46.5 Å². The molecule has 0 bridgehead atoms. The van der Waals surface area contributed by atoms with Crippen LogP contribution in [0.3, 0.4) is 0 Å². The Kier molecular flexibility index (Phi) is 9.49. The molecule has 2 N–H and O–H groups in total. The van der Waals surface area contributed by atoms with Crippen LogP contribution in [0.2, 0.25) is 0 Å². The maximum absolute atomic E-state index is 5.40. The highest BCUT2D eigenvalue weighted by Crippen LogP contribution is 2.15. The number of hydrogen-bond donors (Lipinski definition) is 2. The van der Waals surface area contributed by atoms with Crippen LogP contribution in [0.5, 0.6) is 0 Å². The van der Waals surface area contributed by atoms with E-state index in [4.69, 9.17) is 9.41 Å². The molecule has 2 aromatic rings. The number of nitrogens with zero attached hydrogens (tertiary/aromatic N) is 2. The van der Waals surface area contributed by atoms with Gasteiger partial charge in [0.25, 0.3) is 0 Å². The van der Waals surface area contributed by atoms with Gasteiger partial charge in [-0.1, -0.05) is 13.0 Å². The molecule has 5 nitrogen and oxygen atoms in total. The summed E-state index contributed by atoms with van der Waals surface area (Å²) in [7, 11) is 0. The molecule has 1 aliphatic heterocycles. The summed E-state index contributed by atoms with van der Waals surface area (Å²) in [4.78, 5) is 8.58. The first-order valence-corrected chi connectivity index (χ1v) is 10.0. The van der Waals surface area contributed by atoms with Gasteiger partial charge in [0.2, 0.25) is 0 Å². The maximum atomic E-state index is 5.40. The summed E-state index contributed by atoms with van der Waals surface area (Å²) in [6.45, 7) is 7.06. The zero-order chi connectivity index (χ0) is 17.3. The molecule has 0 radical (unpaired) electrons. The summed E-state index contributed by atoms with van der Waals surface area (Å²) in [6.07, 6.45) is 5.15. The molecule has 1 fully saturated rings. The molecule has 26 heavy (non-hydrogen) atoms. The van der Waals surface area contributed by atoms with Gasteiger partial charge < -0.3 is 15.1 Å². The van der Waals surface area contributed by atoms with Crippen LogP contribution in [-0.4, -0.2) is 43.1 Å². The Morgan fingerprint density at radius 2 is 2.27 bits per heavy atom. The zero-order valence-electron chi connectivity index (χ0n) is 15.3. The second-order valence-corrected chi connectivity index (χ2v) is 7.34. The van der Waals surface area contributed by atoms with Gasteiger partial charge in [0, 0.05) is 30.4 Å². The van der Waals surface area contributed by atoms with Crippen molar-refractivity contribution in [2.45, 2.75) is 38.8 Å². The second-order valence-electron chi connectivity index (χ2n) is 6.31. The lowest BCUT2D eigenvalue weighted by atomic mass is 10.2. The molecule has 7 heteroatoms. The third kappa shape index (κ3) is 6.59. The van der Waals surface area contributed by atoms with Crippen LogP contribution in [0.4, 0.5) is 0 Å². The largest absolute Gasteiger partial charge is 0.469 e. The van der Waals surface area contributed by atoms with Gasteiger partial charge in [-0.2, -0.15) is 0 Å². The summed E-state index contributed by atoms with van der Waals surface area (Å²) < 4.78 is 5.40. The summed E-state index contributed by atoms with van der Waals surface area (Å²) in [5.41, 5.74) is 0. The topological polar surface area (TPSA) is 52.8 Å². The average molecular weight is 488 g/mol. The molecule has 2 aromatic heterocycles. The second kappa shape index (κ2) is 11.6. The molecule has 0 saturated carbocycles. The maximum Gasteiger partial charge on any atom is 0.191 e. The number of guanidine groups is 1. The Morgan fingerprint density at radius 3 is 3.00 bits per heavy atom. The summed E-state index contributed by atoms with van der Waals surface area (Å²) >= 11 is 1.75. The molecular formula is C19H29IN4OS. The van der Waals surface area contributed by atoms with Crippen LogP contribution in [0.25, 0.3) is 0 Å². The van der Waals surface area contributed by atoms with E-state index >= 15 is 0 Å². The van der Waals surface area contributed by atoms with Gasteiger partial charge in [0.05, 0.1) is 12.8 Å². The van der Waals surface area contributed by atoms with Crippen LogP contribution in [0, 0.1) is 0 Å². The number of aliphatic imine (C=N–C) groups is 1. The molecule has 0 aliphatic carbocycles. The first-order chi connectivity index (χ1) is 12.3. The summed E-state index contributed by atoms with van der Waals surface area (Å²) in [5.74, 6) is 1.89. The number of likely N-dealkylation sites (tertiary alicyclic amines) is 1. The van der Waals surface area contributed by atoms with Crippen LogP contribution in [-0.2, 0) is 13.0 Å². The molecule has 0 spiro atoms. The zero-order valence-corrected chi connectivity index (χ0v) is 18.5. The smallest absolute Gasteiger partial charge is 0.191 e. The normalized spacial score (nSPS) is 17.9. The number of thiophene rings is 1. The van der Waals surface area contributed by atoms with Gasteiger partial charge in [-0.05, 0) is 49.5 Å². The van der Waals surface area contributed by atoms with Gasteiger partial charge >= 0.3 is 0 Å². The summed E-state index contributed by atoms with van der Waals surface area (Å²) in [6, 6.07) is 8.76. The minimum absolute atomic E-state index is 0. The van der Waals surface area contributed by atoms with E-state index in [1.807, 2.05) is 12.1 Å². The number of hydrogen-bond acceptors (Lipinski definition) is 4. The highest BCUT2D eigenvalue weighted by molar-refractivity contribution is 14.0. The monoisotopic (exact) mass is 488 g/mol. The van der Waals surface area contributed by atoms with Crippen molar-refractivity contribution in [2.24, 2.45) is 4.99 Å². The lowest BCUT2D eigenvalue weighted by Crippen LogP contribution is -2.45. The average Bonchev–Trinajstić information content (AvgIpc) is 3.39. The Balaban J connectivity index is 0.00000243. The summed E-state index contributed by atoms with van der Waals surface area (Å²) in [5, 5.41) is 9.08. The van der Waals surface area contributed by atoms with Crippen molar-refractivity contribution in [1.82, 2.24) is 15.5 Å². The molecule has 0 amide bonds. The molecule has 144 valence electrons. The minimum Gasteiger partial charge on any atom is -0.469 e. The molecular weight excluding hydrogens is 459 g/mol. The Morgan fingerprint density at radius 1 is 1.35 bits per heavy atom. The van der Waals surface area contributed by atoms with Crippen molar-refractivity contribution in [2.75, 3.05) is 26.2 Å². The van der Waals surface area contributed by atoms with E-state index in [0.29, 0.717) is 6.04 Å². The van der Waals surface area contributed by atoms with E-state index in [2.05, 4.69) is 40.0 Å². The SMILES string of the molecule is CCN1CCCC1CNC(=NCc1cccs1)NCCc1ccco1.I. The Hall–Kier alpha value is -1.06. The van der Waals surface area contributed by atoms with Crippen LogP contribution >= 0.6 is 35.3 Å². The van der Waals surface area contributed by atoms with Gasteiger partial charge in [-0.3, -0.25) is 4.90 Å². The third-order valence-electron chi connectivity index (χ3n) is 4.63. The molecule has 0 aromatic carbocycles. The first kappa shape index (κ1) is 21.2. The quantitative estimate of drug-likeness (QED) is 0.338. The van der Waals surface area contributed by atoms with Crippen molar-refractivity contribution in [3.8, 4) is 0 Å². The molecule has 1 unspecified atom stereocenters. The number of furan rings is 1. The standard InChI is InChI=1S/C19H28N4OS.HI/c1-2-23-11-3-6-16(23)14-21-19(22-15-18-8-5-13-25-18)20-10-9-17-7-4-12-24-17;/h4-5,7-8,12-13,16H,2-3,6,9-11,14-15H2,1H3,(H2,20,21,22);1H. The number of halogens is 1. The molecule has 1 atom stereocenters. The number of rotatable bonds is 8. The van der Waals surface area contributed by atoms with Crippen molar-refractivity contribution < 1.29 is 4.42 Å². The Bertz CT molecular complexity index is 630. The van der Waals surface area contributed by atoms with Crippen molar-refractivity contribution in [1.29, 1.82) is 0 Å². The molecule has 1 aliphatic rings. The predicted molar refractivity (Wildman–Crippen MR) is 120 cm³/mol. The van der Waals surface area contributed by atoms with E-state index in [1.165, 1.54) is 24.3 Å². The lowest BCUT2D eigenvalue weighted by molar-refractivity contribution is 0.267. The fraction of sp³-hybridized carbons (Fsp3) is 0.526. The van der Waals surface area contributed by atoms with Crippen molar-refractivity contribution in [3.63, 3.8) is 0 Å². The lowest BCUT2D eigenvalue weighted by Gasteiger charge is -2.24. The minimum atomic E-state index is 0. The fourth-order valence-electron chi connectivity index (χ4n) is 3.25. The van der Waals surface area contributed by atoms with Crippen LogP contribution in [0.1, 0.15) is 30.4 Å². The van der Waals surface area contributed by atoms with E-state index in [-0.39, 0.29) is 24.0 Å². The van der Waals surface area contributed by atoms with Gasteiger partial charge in [-0.25, -0.2) is 4.99 Å². The van der Waals surface area contributed by atoms with Gasteiger partial charge in [-0.15, -0.1) is 35.3 Å². The van der Waals surface area contributed by atoms with Crippen LogP contribution in [0.15, 0.2) is 45.3 Å². The van der Waals surface area contributed by atoms with Crippen molar-refractivity contribution >= 4 is 41.3 Å². The highest BCUT2D eigenvalue weighted by atomic mass is 127. The van der Waals surface area contributed by atoms with E-state index in [0.717, 1.165) is 44.3 Å². The van der Waals surface area contributed by atoms with E-state index in [1.54, 1.807) is 17.6 Å². The molecule has 3 rings (SSSR count). The predicted octanol–water partition coefficient (Wildman–Crippen LogP) is 3.72. The molecule has 3 heterocycles. The van der Waals surface area contributed by atoms with Crippen LogP contribution < -0.4 is 10.6 Å². The Labute approximate surface area is 177 Å². The molecule has 1 saturated heterocycles.